The number of anilines is 1. The Morgan fingerprint density at radius 2 is 1.81 bits per heavy atom. The van der Waals surface area contributed by atoms with Gasteiger partial charge in [0, 0.05) is 17.6 Å². The van der Waals surface area contributed by atoms with Crippen LogP contribution in [0.2, 0.25) is 0 Å². The molecule has 0 saturated carbocycles. The molecule has 5 heteroatoms. The molecule has 32 heavy (non-hydrogen) atoms. The summed E-state index contributed by atoms with van der Waals surface area (Å²) in [5.41, 5.74) is 9.81. The molecule has 0 atom stereocenters. The molecule has 0 unspecified atom stereocenters. The number of hydrogen-bond acceptors (Lipinski definition) is 4. The summed E-state index contributed by atoms with van der Waals surface area (Å²) in [4.78, 5) is 13.3. The minimum Gasteiger partial charge on any atom is -0.489 e. The van der Waals surface area contributed by atoms with Crippen molar-refractivity contribution in [3.8, 4) is 11.5 Å². The van der Waals surface area contributed by atoms with E-state index in [-0.39, 0.29) is 11.3 Å². The third-order valence-corrected chi connectivity index (χ3v) is 5.51. The van der Waals surface area contributed by atoms with Crippen LogP contribution >= 0.6 is 0 Å². The zero-order valence-corrected chi connectivity index (χ0v) is 20.5. The van der Waals surface area contributed by atoms with Gasteiger partial charge >= 0.3 is 0 Å². The SMILES string of the molecule is CCCCCCOc1c(OC/C=C(\C)CCC=C(C)C)c(=O)n(CC)c2cc(N)ccc12. The van der Waals surface area contributed by atoms with Crippen LogP contribution < -0.4 is 20.8 Å². The highest BCUT2D eigenvalue weighted by Gasteiger charge is 2.19. The van der Waals surface area contributed by atoms with Crippen LogP contribution in [0.25, 0.3) is 10.9 Å². The van der Waals surface area contributed by atoms with E-state index in [1.807, 2.05) is 31.2 Å². The van der Waals surface area contributed by atoms with Crippen LogP contribution in [0.15, 0.2) is 46.3 Å². The molecule has 1 aromatic carbocycles. The van der Waals surface area contributed by atoms with E-state index in [0.29, 0.717) is 31.2 Å². The van der Waals surface area contributed by atoms with Gasteiger partial charge in [-0.05, 0) is 71.2 Å². The normalized spacial score (nSPS) is 11.6. The van der Waals surface area contributed by atoms with E-state index in [1.165, 1.54) is 24.0 Å². The largest absolute Gasteiger partial charge is 0.489 e. The molecule has 1 heterocycles. The molecule has 2 rings (SSSR count). The van der Waals surface area contributed by atoms with Crippen LogP contribution in [0.4, 0.5) is 5.69 Å². The Hall–Kier alpha value is -2.69. The number of nitrogens with two attached hydrogens (primary N) is 1. The Balaban J connectivity index is 2.33. The van der Waals surface area contributed by atoms with Crippen molar-refractivity contribution >= 4 is 16.6 Å². The number of pyridine rings is 1. The first-order valence-electron chi connectivity index (χ1n) is 11.9. The maximum absolute atomic E-state index is 13.3. The Kier molecular flexibility index (Phi) is 10.4. The second-order valence-electron chi connectivity index (χ2n) is 8.57. The van der Waals surface area contributed by atoms with Gasteiger partial charge in [0.15, 0.2) is 5.75 Å². The summed E-state index contributed by atoms with van der Waals surface area (Å²) in [5, 5.41) is 0.857. The second kappa shape index (κ2) is 13.0. The lowest BCUT2D eigenvalue weighted by atomic mass is 10.1. The summed E-state index contributed by atoms with van der Waals surface area (Å²) in [6.45, 7) is 11.9. The second-order valence-corrected chi connectivity index (χ2v) is 8.57. The van der Waals surface area contributed by atoms with Gasteiger partial charge in [-0.2, -0.15) is 0 Å². The third kappa shape index (κ3) is 7.18. The molecule has 0 bridgehead atoms. The lowest BCUT2D eigenvalue weighted by molar-refractivity contribution is 0.275. The molecule has 0 aliphatic rings. The zero-order chi connectivity index (χ0) is 23.5. The highest BCUT2D eigenvalue weighted by atomic mass is 16.5. The number of ether oxygens (including phenoxy) is 2. The van der Waals surface area contributed by atoms with E-state index in [4.69, 9.17) is 15.2 Å². The quantitative estimate of drug-likeness (QED) is 0.215. The number of aryl methyl sites for hydroxylation is 1. The number of nitrogens with zero attached hydrogens (tertiary/aromatic N) is 1. The fourth-order valence-electron chi connectivity index (χ4n) is 3.66. The van der Waals surface area contributed by atoms with Gasteiger partial charge in [0.25, 0.3) is 5.56 Å². The Morgan fingerprint density at radius 1 is 1.03 bits per heavy atom. The minimum atomic E-state index is -0.176. The fourth-order valence-corrected chi connectivity index (χ4v) is 3.66. The number of nitrogen functional groups attached to an aromatic ring is 1. The molecule has 0 saturated heterocycles. The summed E-state index contributed by atoms with van der Waals surface area (Å²) in [6.07, 6.45) is 10.7. The van der Waals surface area contributed by atoms with Crippen molar-refractivity contribution in [1.29, 1.82) is 0 Å². The number of allylic oxidation sites excluding steroid dienone is 3. The molecule has 1 aromatic heterocycles. The van der Waals surface area contributed by atoms with Crippen molar-refractivity contribution in [2.75, 3.05) is 18.9 Å². The molecule has 2 N–H and O–H groups in total. The predicted molar refractivity (Wildman–Crippen MR) is 136 cm³/mol. The number of fused-ring (bicyclic) bond motifs is 1. The summed E-state index contributed by atoms with van der Waals surface area (Å²) in [5.74, 6) is 0.815. The highest BCUT2D eigenvalue weighted by Crippen LogP contribution is 2.34. The average Bonchev–Trinajstić information content (AvgIpc) is 2.75. The van der Waals surface area contributed by atoms with Gasteiger partial charge in [0.1, 0.15) is 6.61 Å². The lowest BCUT2D eigenvalue weighted by Gasteiger charge is -2.18. The van der Waals surface area contributed by atoms with Crippen molar-refractivity contribution in [1.82, 2.24) is 4.57 Å². The van der Waals surface area contributed by atoms with Gasteiger partial charge in [0.05, 0.1) is 12.1 Å². The number of hydrogen-bond donors (Lipinski definition) is 1. The van der Waals surface area contributed by atoms with E-state index in [9.17, 15) is 4.79 Å². The summed E-state index contributed by atoms with van der Waals surface area (Å²) < 4.78 is 13.9. The first kappa shape index (κ1) is 25.6. The van der Waals surface area contributed by atoms with Gasteiger partial charge in [0.2, 0.25) is 5.75 Å². The zero-order valence-electron chi connectivity index (χ0n) is 20.5. The van der Waals surface area contributed by atoms with Gasteiger partial charge in [-0.25, -0.2) is 0 Å². The van der Waals surface area contributed by atoms with Crippen LogP contribution in [-0.4, -0.2) is 17.8 Å². The van der Waals surface area contributed by atoms with Gasteiger partial charge < -0.3 is 19.8 Å². The summed E-state index contributed by atoms with van der Waals surface area (Å²) in [6, 6.07) is 5.60. The maximum Gasteiger partial charge on any atom is 0.297 e. The molecule has 176 valence electrons. The van der Waals surface area contributed by atoms with Crippen LogP contribution in [0, 0.1) is 0 Å². The molecule has 0 aliphatic carbocycles. The number of aromatic nitrogens is 1. The highest BCUT2D eigenvalue weighted by molar-refractivity contribution is 5.90. The molecule has 5 nitrogen and oxygen atoms in total. The first-order chi connectivity index (χ1) is 15.4. The van der Waals surface area contributed by atoms with Gasteiger partial charge in [-0.3, -0.25) is 4.79 Å². The minimum absolute atomic E-state index is 0.176. The van der Waals surface area contributed by atoms with Crippen molar-refractivity contribution in [3.05, 3.63) is 51.9 Å². The smallest absolute Gasteiger partial charge is 0.297 e. The van der Waals surface area contributed by atoms with E-state index in [0.717, 1.165) is 36.6 Å². The predicted octanol–water partition coefficient (Wildman–Crippen LogP) is 6.63. The fraction of sp³-hybridized carbons (Fsp3) is 0.519. The van der Waals surface area contributed by atoms with Crippen LogP contribution in [0.3, 0.4) is 0 Å². The van der Waals surface area contributed by atoms with E-state index in [2.05, 4.69) is 33.8 Å². The monoisotopic (exact) mass is 440 g/mol. The van der Waals surface area contributed by atoms with E-state index >= 15 is 0 Å². The number of rotatable bonds is 13. The van der Waals surface area contributed by atoms with Crippen molar-refractivity contribution in [2.45, 2.75) is 79.7 Å². The van der Waals surface area contributed by atoms with Crippen molar-refractivity contribution in [2.24, 2.45) is 0 Å². The van der Waals surface area contributed by atoms with Gasteiger partial charge in [-0.1, -0.05) is 43.4 Å². The molecule has 0 amide bonds. The molecule has 0 aliphatic heterocycles. The van der Waals surface area contributed by atoms with Crippen LogP contribution in [0.1, 0.15) is 73.1 Å². The first-order valence-corrected chi connectivity index (χ1v) is 11.9. The van der Waals surface area contributed by atoms with Crippen LogP contribution in [0.5, 0.6) is 11.5 Å². The molecule has 0 radical (unpaired) electrons. The van der Waals surface area contributed by atoms with Crippen LogP contribution in [-0.2, 0) is 6.54 Å². The lowest BCUT2D eigenvalue weighted by Crippen LogP contribution is -2.23. The Morgan fingerprint density at radius 3 is 2.50 bits per heavy atom. The number of benzene rings is 1. The molecule has 0 spiro atoms. The van der Waals surface area contributed by atoms with Crippen molar-refractivity contribution in [3.63, 3.8) is 0 Å². The van der Waals surface area contributed by atoms with E-state index in [1.54, 1.807) is 4.57 Å². The Bertz CT molecular complexity index is 998. The van der Waals surface area contributed by atoms with E-state index < -0.39 is 0 Å². The van der Waals surface area contributed by atoms with Crippen molar-refractivity contribution < 1.29 is 9.47 Å². The summed E-state index contributed by atoms with van der Waals surface area (Å²) in [7, 11) is 0. The molecule has 2 aromatic rings. The molecular formula is C27H40N2O3. The Labute approximate surface area is 192 Å². The molecular weight excluding hydrogens is 400 g/mol. The molecule has 0 fully saturated rings. The topological polar surface area (TPSA) is 66.5 Å². The van der Waals surface area contributed by atoms with Gasteiger partial charge in [-0.15, -0.1) is 0 Å². The maximum atomic E-state index is 13.3. The summed E-state index contributed by atoms with van der Waals surface area (Å²) >= 11 is 0. The number of unbranched alkanes of at least 4 members (excludes halogenated alkanes) is 3. The standard InChI is InChI=1S/C27H40N2O3/c1-6-8-9-10-17-31-25-23-15-14-22(28)19-24(23)29(7-2)27(30)26(25)32-18-16-21(5)13-11-12-20(3)4/h12,14-16,19H,6-11,13,17-18,28H2,1-5H3/b21-16+. The third-order valence-electron chi connectivity index (χ3n) is 5.51. The average molecular weight is 441 g/mol.